The average molecular weight is 468 g/mol. The van der Waals surface area contributed by atoms with Crippen LogP contribution < -0.4 is 20.1 Å². The van der Waals surface area contributed by atoms with Gasteiger partial charge in [-0.3, -0.25) is 10.0 Å². The maximum atomic E-state index is 14.6. The number of rotatable bonds is 5. The first-order valence-electron chi connectivity index (χ1n) is 8.81. The van der Waals surface area contributed by atoms with Gasteiger partial charge < -0.3 is 10.1 Å². The van der Waals surface area contributed by atoms with Crippen LogP contribution in [-0.2, 0) is 16.6 Å². The van der Waals surface area contributed by atoms with Gasteiger partial charge in [0.05, 0.1) is 22.7 Å². The summed E-state index contributed by atoms with van der Waals surface area (Å²) in [4.78, 5) is 14.5. The Bertz CT molecular complexity index is 1330. The number of carbonyl (C=O) groups is 1. The van der Waals surface area contributed by atoms with Crippen molar-refractivity contribution in [3.63, 3.8) is 0 Å². The number of nitrogens with one attached hydrogen (secondary N) is 3. The third-order valence-electron chi connectivity index (χ3n) is 4.34. The molecule has 0 unspecified atom stereocenters. The van der Waals surface area contributed by atoms with E-state index in [0.717, 1.165) is 18.2 Å². The Labute approximate surface area is 178 Å². The van der Waals surface area contributed by atoms with Gasteiger partial charge in [-0.15, -0.1) is 0 Å². The number of anilines is 2. The van der Waals surface area contributed by atoms with Crippen LogP contribution in [-0.4, -0.2) is 19.4 Å². The van der Waals surface area contributed by atoms with Gasteiger partial charge in [0, 0.05) is 12.3 Å². The minimum Gasteiger partial charge on any atom is -0.454 e. The number of benzene rings is 2. The Kier molecular flexibility index (Phi) is 5.34. The number of hydrogen-bond acceptors (Lipinski definition) is 5. The van der Waals surface area contributed by atoms with E-state index in [-0.39, 0.29) is 29.5 Å². The van der Waals surface area contributed by atoms with Crippen LogP contribution in [0.5, 0.6) is 11.5 Å². The summed E-state index contributed by atoms with van der Waals surface area (Å²) < 4.78 is 86.5. The molecule has 32 heavy (non-hydrogen) atoms. The molecule has 1 aliphatic rings. The Morgan fingerprint density at radius 1 is 0.969 bits per heavy atom. The molecule has 4 rings (SSSR count). The standard InChI is InChI=1S/C19H12F4N4O4S/c20-12-5-9(27-32(29,30)10-6-13(21)17(23)14(22)7-10)1-2-16(12)31-15-3-4-24-18-11(15)8-25-19(28)26-18/h1-7,27H,8H2,(H2,24,25,26,28). The molecule has 0 radical (unpaired) electrons. The number of aromatic nitrogens is 1. The Morgan fingerprint density at radius 3 is 2.38 bits per heavy atom. The smallest absolute Gasteiger partial charge is 0.320 e. The number of amides is 2. The first-order chi connectivity index (χ1) is 15.1. The van der Waals surface area contributed by atoms with Crippen molar-refractivity contribution in [1.82, 2.24) is 10.3 Å². The van der Waals surface area contributed by atoms with Crippen LogP contribution in [0.25, 0.3) is 0 Å². The fourth-order valence-electron chi connectivity index (χ4n) is 2.84. The zero-order chi connectivity index (χ0) is 23.0. The van der Waals surface area contributed by atoms with Gasteiger partial charge in [-0.1, -0.05) is 0 Å². The van der Waals surface area contributed by atoms with Crippen LogP contribution in [0.3, 0.4) is 0 Å². The zero-order valence-electron chi connectivity index (χ0n) is 15.7. The van der Waals surface area contributed by atoms with E-state index in [9.17, 15) is 30.8 Å². The van der Waals surface area contributed by atoms with Gasteiger partial charge in [-0.25, -0.2) is 35.8 Å². The molecule has 166 valence electrons. The van der Waals surface area contributed by atoms with Crippen LogP contribution in [0.1, 0.15) is 5.56 Å². The van der Waals surface area contributed by atoms with E-state index in [0.29, 0.717) is 17.7 Å². The van der Waals surface area contributed by atoms with E-state index in [4.69, 9.17) is 4.74 Å². The van der Waals surface area contributed by atoms with Gasteiger partial charge >= 0.3 is 6.03 Å². The number of pyridine rings is 1. The highest BCUT2D eigenvalue weighted by atomic mass is 32.2. The van der Waals surface area contributed by atoms with Crippen molar-refractivity contribution in [2.75, 3.05) is 10.0 Å². The highest BCUT2D eigenvalue weighted by Crippen LogP contribution is 2.33. The second-order valence-corrected chi connectivity index (χ2v) is 8.18. The van der Waals surface area contributed by atoms with Crippen LogP contribution in [0.4, 0.5) is 33.9 Å². The topological polar surface area (TPSA) is 109 Å². The van der Waals surface area contributed by atoms with Crippen molar-refractivity contribution in [3.05, 3.63) is 71.4 Å². The van der Waals surface area contributed by atoms with Gasteiger partial charge in [-0.2, -0.15) is 0 Å². The van der Waals surface area contributed by atoms with Crippen molar-refractivity contribution in [3.8, 4) is 11.5 Å². The summed E-state index contributed by atoms with van der Waals surface area (Å²) >= 11 is 0. The van der Waals surface area contributed by atoms with Crippen LogP contribution in [0, 0.1) is 23.3 Å². The van der Waals surface area contributed by atoms with Crippen LogP contribution in [0.15, 0.2) is 47.5 Å². The summed E-state index contributed by atoms with van der Waals surface area (Å²) in [6.45, 7) is 0.0919. The lowest BCUT2D eigenvalue weighted by Crippen LogP contribution is -2.34. The van der Waals surface area contributed by atoms with E-state index in [1.807, 2.05) is 4.72 Å². The van der Waals surface area contributed by atoms with Crippen molar-refractivity contribution in [1.29, 1.82) is 0 Å². The van der Waals surface area contributed by atoms with E-state index in [1.165, 1.54) is 12.3 Å². The molecule has 13 heteroatoms. The van der Waals surface area contributed by atoms with E-state index >= 15 is 0 Å². The largest absolute Gasteiger partial charge is 0.454 e. The van der Waals surface area contributed by atoms with Gasteiger partial charge in [-0.05, 0) is 30.3 Å². The summed E-state index contributed by atoms with van der Waals surface area (Å²) in [6, 6.07) is 4.66. The van der Waals surface area contributed by atoms with E-state index in [2.05, 4.69) is 15.6 Å². The Morgan fingerprint density at radius 2 is 1.69 bits per heavy atom. The first kappa shape index (κ1) is 21.4. The van der Waals surface area contributed by atoms with Crippen molar-refractivity contribution < 1.29 is 35.5 Å². The molecule has 1 aromatic heterocycles. The zero-order valence-corrected chi connectivity index (χ0v) is 16.6. The highest BCUT2D eigenvalue weighted by Gasteiger charge is 2.22. The lowest BCUT2D eigenvalue weighted by molar-refractivity contribution is 0.250. The minimum absolute atomic E-state index is 0.0919. The van der Waals surface area contributed by atoms with Gasteiger partial charge in [0.2, 0.25) is 0 Å². The molecule has 0 saturated carbocycles. The normalized spacial score (nSPS) is 13.1. The maximum Gasteiger partial charge on any atom is 0.320 e. The molecule has 1 aliphatic heterocycles. The van der Waals surface area contributed by atoms with Gasteiger partial charge in [0.1, 0.15) is 11.6 Å². The second kappa shape index (κ2) is 8.00. The Balaban J connectivity index is 1.57. The molecule has 0 fully saturated rings. The monoisotopic (exact) mass is 468 g/mol. The molecule has 0 spiro atoms. The quantitative estimate of drug-likeness (QED) is 0.389. The second-order valence-electron chi connectivity index (χ2n) is 6.50. The number of sulfonamides is 1. The molecular formula is C19H12F4N4O4S. The third-order valence-corrected chi connectivity index (χ3v) is 5.70. The fourth-order valence-corrected chi connectivity index (χ4v) is 3.91. The molecule has 0 aliphatic carbocycles. The molecule has 0 bridgehead atoms. The lowest BCUT2D eigenvalue weighted by Gasteiger charge is -2.20. The number of fused-ring (bicyclic) bond motifs is 1. The number of carbonyl (C=O) groups excluding carboxylic acids is 1. The number of hydrogen-bond donors (Lipinski definition) is 3. The highest BCUT2D eigenvalue weighted by molar-refractivity contribution is 7.92. The SMILES string of the molecule is O=C1NCc2c(Oc3ccc(NS(=O)(=O)c4cc(F)c(F)c(F)c4)cc3F)ccnc2N1. The molecule has 8 nitrogen and oxygen atoms in total. The summed E-state index contributed by atoms with van der Waals surface area (Å²) in [5.41, 5.74) is 0.197. The summed E-state index contributed by atoms with van der Waals surface area (Å²) in [7, 11) is -4.54. The molecule has 2 amide bonds. The molecule has 2 heterocycles. The lowest BCUT2D eigenvalue weighted by atomic mass is 10.2. The summed E-state index contributed by atoms with van der Waals surface area (Å²) in [5, 5.41) is 5.00. The number of halogens is 4. The van der Waals surface area contributed by atoms with Crippen molar-refractivity contribution in [2.45, 2.75) is 11.4 Å². The predicted octanol–water partition coefficient (Wildman–Crippen LogP) is 3.87. The van der Waals surface area contributed by atoms with Gasteiger partial charge in [0.15, 0.2) is 29.0 Å². The molecule has 3 aromatic rings. The first-order valence-corrected chi connectivity index (χ1v) is 10.3. The van der Waals surface area contributed by atoms with Gasteiger partial charge in [0.25, 0.3) is 10.0 Å². The van der Waals surface area contributed by atoms with Crippen LogP contribution >= 0.6 is 0 Å². The average Bonchev–Trinajstić information content (AvgIpc) is 2.73. The summed E-state index contributed by atoms with van der Waals surface area (Å²) in [5.74, 6) is -5.97. The molecule has 3 N–H and O–H groups in total. The molecule has 0 saturated heterocycles. The van der Waals surface area contributed by atoms with E-state index in [1.54, 1.807) is 0 Å². The number of ether oxygens (including phenoxy) is 1. The predicted molar refractivity (Wildman–Crippen MR) is 104 cm³/mol. The van der Waals surface area contributed by atoms with E-state index < -0.39 is 44.2 Å². The van der Waals surface area contributed by atoms with Crippen LogP contribution in [0.2, 0.25) is 0 Å². The molecule has 0 atom stereocenters. The third kappa shape index (κ3) is 4.14. The maximum absolute atomic E-state index is 14.6. The number of nitrogens with zero attached hydrogens (tertiary/aromatic N) is 1. The molecule has 2 aromatic carbocycles. The molecular weight excluding hydrogens is 456 g/mol. The number of urea groups is 1. The fraction of sp³-hybridized carbons (Fsp3) is 0.0526. The minimum atomic E-state index is -4.54. The van der Waals surface area contributed by atoms with Crippen molar-refractivity contribution >= 4 is 27.6 Å². The summed E-state index contributed by atoms with van der Waals surface area (Å²) in [6.07, 6.45) is 1.35. The Hall–Kier alpha value is -3.87. The van der Waals surface area contributed by atoms with Crippen molar-refractivity contribution in [2.24, 2.45) is 0 Å².